The normalized spacial score (nSPS) is 14.6. The van der Waals surface area contributed by atoms with Gasteiger partial charge in [-0.25, -0.2) is 0 Å². The quantitative estimate of drug-likeness (QED) is 0.685. The zero-order valence-electron chi connectivity index (χ0n) is 9.58. The van der Waals surface area contributed by atoms with Gasteiger partial charge >= 0.3 is 0 Å². The Bertz CT molecular complexity index is 388. The molecule has 0 atom stereocenters. The highest BCUT2D eigenvalue weighted by Gasteiger charge is 2.13. The SMILES string of the molecule is CC(C)(C)Cc1ccc2c(c1)OCC=N2. The molecule has 2 rings (SSSR count). The monoisotopic (exact) mass is 203 g/mol. The molecule has 0 aromatic heterocycles. The zero-order valence-corrected chi connectivity index (χ0v) is 9.58. The van der Waals surface area contributed by atoms with Crippen molar-refractivity contribution in [3.63, 3.8) is 0 Å². The van der Waals surface area contributed by atoms with E-state index in [1.54, 1.807) is 6.21 Å². The highest BCUT2D eigenvalue weighted by Crippen LogP contribution is 2.32. The lowest BCUT2D eigenvalue weighted by Gasteiger charge is -2.19. The van der Waals surface area contributed by atoms with E-state index in [1.807, 2.05) is 6.07 Å². The van der Waals surface area contributed by atoms with Crippen LogP contribution in [0.4, 0.5) is 5.69 Å². The molecule has 15 heavy (non-hydrogen) atoms. The topological polar surface area (TPSA) is 21.6 Å². The van der Waals surface area contributed by atoms with Gasteiger partial charge in [-0.15, -0.1) is 0 Å². The van der Waals surface area contributed by atoms with E-state index in [0.717, 1.165) is 17.9 Å². The molecular weight excluding hydrogens is 186 g/mol. The molecule has 1 aliphatic rings. The number of fused-ring (bicyclic) bond motifs is 1. The summed E-state index contributed by atoms with van der Waals surface area (Å²) >= 11 is 0. The van der Waals surface area contributed by atoms with Gasteiger partial charge in [-0.3, -0.25) is 4.99 Å². The van der Waals surface area contributed by atoms with Crippen molar-refractivity contribution in [1.82, 2.24) is 0 Å². The number of ether oxygens (including phenoxy) is 1. The van der Waals surface area contributed by atoms with Gasteiger partial charge in [0, 0.05) is 6.21 Å². The van der Waals surface area contributed by atoms with Gasteiger partial charge in [0.1, 0.15) is 18.0 Å². The molecule has 2 nitrogen and oxygen atoms in total. The fourth-order valence-corrected chi connectivity index (χ4v) is 1.77. The Labute approximate surface area is 91.0 Å². The van der Waals surface area contributed by atoms with Crippen molar-refractivity contribution in [2.75, 3.05) is 6.61 Å². The Kier molecular flexibility index (Phi) is 2.51. The van der Waals surface area contributed by atoms with Crippen molar-refractivity contribution in [3.05, 3.63) is 23.8 Å². The first-order chi connectivity index (χ1) is 7.04. The molecule has 1 aromatic rings. The molecule has 1 aromatic carbocycles. The molecule has 0 aliphatic carbocycles. The highest BCUT2D eigenvalue weighted by molar-refractivity contribution is 5.71. The molecule has 0 radical (unpaired) electrons. The van der Waals surface area contributed by atoms with Crippen LogP contribution in [0.25, 0.3) is 0 Å². The molecule has 0 bridgehead atoms. The van der Waals surface area contributed by atoms with Crippen LogP contribution in [-0.2, 0) is 6.42 Å². The first kappa shape index (κ1) is 10.2. The van der Waals surface area contributed by atoms with E-state index < -0.39 is 0 Å². The average molecular weight is 203 g/mol. The zero-order chi connectivity index (χ0) is 10.9. The van der Waals surface area contributed by atoms with Gasteiger partial charge < -0.3 is 4.74 Å². The van der Waals surface area contributed by atoms with Gasteiger partial charge in [-0.1, -0.05) is 26.8 Å². The van der Waals surface area contributed by atoms with Crippen molar-refractivity contribution >= 4 is 11.9 Å². The standard InChI is InChI=1S/C13H17NO/c1-13(2,3)9-10-4-5-11-12(8-10)15-7-6-14-11/h4-6,8H,7,9H2,1-3H3. The second-order valence-corrected chi connectivity index (χ2v) is 5.16. The second-order valence-electron chi connectivity index (χ2n) is 5.16. The minimum atomic E-state index is 0.312. The molecule has 0 saturated heterocycles. The number of aliphatic imine (C=N–C) groups is 1. The maximum Gasteiger partial charge on any atom is 0.145 e. The van der Waals surface area contributed by atoms with Gasteiger partial charge in [0.05, 0.1) is 0 Å². The van der Waals surface area contributed by atoms with E-state index in [1.165, 1.54) is 5.56 Å². The van der Waals surface area contributed by atoms with Gasteiger partial charge in [0.2, 0.25) is 0 Å². The fourth-order valence-electron chi connectivity index (χ4n) is 1.77. The van der Waals surface area contributed by atoms with Crippen molar-refractivity contribution in [2.45, 2.75) is 27.2 Å². The molecule has 1 heterocycles. The van der Waals surface area contributed by atoms with Gasteiger partial charge in [0.15, 0.2) is 0 Å². The Morgan fingerprint density at radius 3 is 2.87 bits per heavy atom. The maximum absolute atomic E-state index is 5.53. The minimum absolute atomic E-state index is 0.312. The number of hydrogen-bond acceptors (Lipinski definition) is 2. The molecule has 1 aliphatic heterocycles. The minimum Gasteiger partial charge on any atom is -0.486 e. The fraction of sp³-hybridized carbons (Fsp3) is 0.462. The number of nitrogens with zero attached hydrogens (tertiary/aromatic N) is 1. The van der Waals surface area contributed by atoms with Crippen LogP contribution in [0.2, 0.25) is 0 Å². The third-order valence-electron chi connectivity index (χ3n) is 2.30. The second kappa shape index (κ2) is 3.69. The van der Waals surface area contributed by atoms with Crippen LogP contribution >= 0.6 is 0 Å². The van der Waals surface area contributed by atoms with Crippen molar-refractivity contribution in [3.8, 4) is 5.75 Å². The largest absolute Gasteiger partial charge is 0.486 e. The highest BCUT2D eigenvalue weighted by atomic mass is 16.5. The maximum atomic E-state index is 5.53. The first-order valence-corrected chi connectivity index (χ1v) is 5.33. The molecule has 0 fully saturated rings. The lowest BCUT2D eigenvalue weighted by molar-refractivity contribution is 0.374. The van der Waals surface area contributed by atoms with E-state index in [-0.39, 0.29) is 0 Å². The van der Waals surface area contributed by atoms with E-state index in [0.29, 0.717) is 12.0 Å². The summed E-state index contributed by atoms with van der Waals surface area (Å²) < 4.78 is 5.53. The molecule has 0 saturated carbocycles. The smallest absolute Gasteiger partial charge is 0.145 e. The average Bonchev–Trinajstić information content (AvgIpc) is 2.15. The molecule has 0 N–H and O–H groups in total. The van der Waals surface area contributed by atoms with Gasteiger partial charge in [-0.2, -0.15) is 0 Å². The third kappa shape index (κ3) is 2.58. The molecule has 0 spiro atoms. The van der Waals surface area contributed by atoms with Crippen LogP contribution in [0, 0.1) is 5.41 Å². The van der Waals surface area contributed by atoms with Crippen LogP contribution < -0.4 is 4.74 Å². The van der Waals surface area contributed by atoms with Crippen LogP contribution in [0.5, 0.6) is 5.75 Å². The van der Waals surface area contributed by atoms with E-state index >= 15 is 0 Å². The van der Waals surface area contributed by atoms with E-state index in [2.05, 4.69) is 37.9 Å². The molecule has 0 amide bonds. The Balaban J connectivity index is 2.25. The Morgan fingerprint density at radius 2 is 2.13 bits per heavy atom. The van der Waals surface area contributed by atoms with Crippen molar-refractivity contribution in [2.24, 2.45) is 10.4 Å². The summed E-state index contributed by atoms with van der Waals surface area (Å²) in [4.78, 5) is 4.28. The summed E-state index contributed by atoms with van der Waals surface area (Å²) in [5.41, 5.74) is 2.57. The molecule has 80 valence electrons. The van der Waals surface area contributed by atoms with Crippen LogP contribution in [0.15, 0.2) is 23.2 Å². The molecular formula is C13H17NO. The summed E-state index contributed by atoms with van der Waals surface area (Å²) in [6.45, 7) is 7.31. The summed E-state index contributed by atoms with van der Waals surface area (Å²) in [5.74, 6) is 0.916. The lowest BCUT2D eigenvalue weighted by atomic mass is 9.88. The first-order valence-electron chi connectivity index (χ1n) is 5.33. The van der Waals surface area contributed by atoms with Gasteiger partial charge in [0.25, 0.3) is 0 Å². The van der Waals surface area contributed by atoms with Crippen molar-refractivity contribution < 1.29 is 4.74 Å². The van der Waals surface area contributed by atoms with E-state index in [9.17, 15) is 0 Å². The van der Waals surface area contributed by atoms with E-state index in [4.69, 9.17) is 4.74 Å². The Hall–Kier alpha value is -1.31. The van der Waals surface area contributed by atoms with Crippen LogP contribution in [-0.4, -0.2) is 12.8 Å². The molecule has 0 unspecified atom stereocenters. The summed E-state index contributed by atoms with van der Waals surface area (Å²) in [6, 6.07) is 6.28. The number of rotatable bonds is 1. The van der Waals surface area contributed by atoms with Gasteiger partial charge in [-0.05, 0) is 29.5 Å². The van der Waals surface area contributed by atoms with Crippen LogP contribution in [0.3, 0.4) is 0 Å². The number of hydrogen-bond donors (Lipinski definition) is 0. The van der Waals surface area contributed by atoms with Crippen LogP contribution in [0.1, 0.15) is 26.3 Å². The van der Waals surface area contributed by atoms with Crippen molar-refractivity contribution in [1.29, 1.82) is 0 Å². The lowest BCUT2D eigenvalue weighted by Crippen LogP contribution is -2.10. The summed E-state index contributed by atoms with van der Waals surface area (Å²) in [5, 5.41) is 0. The molecule has 2 heteroatoms. The number of benzene rings is 1. The summed E-state index contributed by atoms with van der Waals surface area (Å²) in [7, 11) is 0. The predicted molar refractivity (Wildman–Crippen MR) is 63.2 cm³/mol. The Morgan fingerprint density at radius 1 is 1.33 bits per heavy atom. The predicted octanol–water partition coefficient (Wildman–Crippen LogP) is 3.37. The third-order valence-corrected chi connectivity index (χ3v) is 2.30. The summed E-state index contributed by atoms with van der Waals surface area (Å²) in [6.07, 6.45) is 2.86.